The number of rotatable bonds is 3. The van der Waals surface area contributed by atoms with Crippen molar-refractivity contribution in [2.75, 3.05) is 5.32 Å². The van der Waals surface area contributed by atoms with Gasteiger partial charge in [-0.05, 0) is 59.1 Å². The zero-order valence-electron chi connectivity index (χ0n) is 15.0. The second kappa shape index (κ2) is 6.90. The van der Waals surface area contributed by atoms with Crippen molar-refractivity contribution in [3.05, 3.63) is 51.3 Å². The average molecular weight is 445 g/mol. The number of imide groups is 1. The monoisotopic (exact) mass is 444 g/mol. The molecule has 8 nitrogen and oxygen atoms in total. The average Bonchev–Trinajstić information content (AvgIpc) is 3.15. The van der Waals surface area contributed by atoms with Crippen LogP contribution in [0.5, 0.6) is 0 Å². The van der Waals surface area contributed by atoms with E-state index in [1.807, 2.05) is 6.92 Å². The summed E-state index contributed by atoms with van der Waals surface area (Å²) in [5.74, 6) is -1.30. The molecule has 1 unspecified atom stereocenters. The highest BCUT2D eigenvalue weighted by Gasteiger charge is 2.39. The van der Waals surface area contributed by atoms with E-state index in [2.05, 4.69) is 31.5 Å². The second-order valence-electron chi connectivity index (χ2n) is 6.88. The number of carbonyl (C=O) groups excluding carboxylic acids is 4. The van der Waals surface area contributed by atoms with Crippen LogP contribution in [-0.4, -0.2) is 39.6 Å². The summed E-state index contributed by atoms with van der Waals surface area (Å²) >= 11 is 3.36. The lowest BCUT2D eigenvalue weighted by atomic mass is 10.0. The van der Waals surface area contributed by atoms with E-state index in [0.717, 1.165) is 15.7 Å². The number of benzene rings is 1. The van der Waals surface area contributed by atoms with Gasteiger partial charge in [0.2, 0.25) is 11.8 Å². The van der Waals surface area contributed by atoms with Crippen LogP contribution in [0.1, 0.15) is 44.9 Å². The van der Waals surface area contributed by atoms with E-state index >= 15 is 0 Å². The molecule has 2 aliphatic rings. The number of H-pyrrole nitrogens is 1. The lowest BCUT2D eigenvalue weighted by Crippen LogP contribution is -2.52. The van der Waals surface area contributed by atoms with Crippen LogP contribution in [0.25, 0.3) is 0 Å². The molecule has 0 aliphatic carbocycles. The summed E-state index contributed by atoms with van der Waals surface area (Å²) in [6, 6.07) is 6.09. The van der Waals surface area contributed by atoms with Crippen LogP contribution in [0.15, 0.2) is 28.7 Å². The Morgan fingerprint density at radius 1 is 1.25 bits per heavy atom. The van der Waals surface area contributed by atoms with Crippen molar-refractivity contribution in [3.63, 3.8) is 0 Å². The molecule has 1 fully saturated rings. The third-order valence-electron chi connectivity index (χ3n) is 4.98. The van der Waals surface area contributed by atoms with Crippen LogP contribution < -0.4 is 10.6 Å². The third kappa shape index (κ3) is 3.22. The molecular weight excluding hydrogens is 428 g/mol. The van der Waals surface area contributed by atoms with Crippen molar-refractivity contribution in [1.29, 1.82) is 0 Å². The van der Waals surface area contributed by atoms with E-state index in [9.17, 15) is 19.2 Å². The molecule has 1 atom stereocenters. The van der Waals surface area contributed by atoms with Crippen molar-refractivity contribution in [1.82, 2.24) is 15.2 Å². The number of hydrogen-bond acceptors (Lipinski definition) is 4. The molecule has 28 heavy (non-hydrogen) atoms. The van der Waals surface area contributed by atoms with Gasteiger partial charge in [-0.3, -0.25) is 24.5 Å². The van der Waals surface area contributed by atoms with E-state index in [1.54, 1.807) is 24.3 Å². The molecule has 0 saturated carbocycles. The Hall–Kier alpha value is -2.94. The number of aromatic nitrogens is 1. The molecule has 0 radical (unpaired) electrons. The first kappa shape index (κ1) is 18.4. The summed E-state index contributed by atoms with van der Waals surface area (Å²) < 4.78 is 0.817. The quantitative estimate of drug-likeness (QED) is 0.629. The van der Waals surface area contributed by atoms with Gasteiger partial charge in [-0.25, -0.2) is 0 Å². The van der Waals surface area contributed by atoms with Crippen LogP contribution in [0.4, 0.5) is 5.69 Å². The first-order valence-electron chi connectivity index (χ1n) is 8.77. The zero-order valence-corrected chi connectivity index (χ0v) is 16.6. The predicted octanol–water partition coefficient (Wildman–Crippen LogP) is 2.10. The van der Waals surface area contributed by atoms with Gasteiger partial charge in [0.1, 0.15) is 11.7 Å². The highest BCUT2D eigenvalue weighted by Crippen LogP contribution is 2.29. The normalized spacial score (nSPS) is 18.9. The fourth-order valence-corrected chi connectivity index (χ4v) is 3.83. The SMILES string of the molecule is Cc1[nH]c(C(=O)Nc2ccc3c(c2)CN(C2CCC(=O)NC2=O)C3=O)cc1Br. The molecule has 3 N–H and O–H groups in total. The molecule has 0 bridgehead atoms. The minimum atomic E-state index is -0.658. The number of hydrogen-bond donors (Lipinski definition) is 3. The number of aryl methyl sites for hydroxylation is 1. The number of nitrogens with one attached hydrogen (secondary N) is 3. The van der Waals surface area contributed by atoms with Crippen molar-refractivity contribution in [3.8, 4) is 0 Å². The smallest absolute Gasteiger partial charge is 0.272 e. The fraction of sp³-hybridized carbons (Fsp3) is 0.263. The van der Waals surface area contributed by atoms with Gasteiger partial charge >= 0.3 is 0 Å². The molecule has 2 aromatic rings. The Bertz CT molecular complexity index is 1010. The summed E-state index contributed by atoms with van der Waals surface area (Å²) in [7, 11) is 0. The van der Waals surface area contributed by atoms with Gasteiger partial charge < -0.3 is 15.2 Å². The van der Waals surface area contributed by atoms with Crippen LogP contribution in [0.2, 0.25) is 0 Å². The van der Waals surface area contributed by atoms with E-state index in [0.29, 0.717) is 23.4 Å². The molecule has 9 heteroatoms. The fourth-order valence-electron chi connectivity index (χ4n) is 3.51. The summed E-state index contributed by atoms with van der Waals surface area (Å²) in [6.07, 6.45) is 0.526. The van der Waals surface area contributed by atoms with E-state index in [-0.39, 0.29) is 30.7 Å². The number of fused-ring (bicyclic) bond motifs is 1. The highest BCUT2D eigenvalue weighted by atomic mass is 79.9. The molecule has 4 amide bonds. The van der Waals surface area contributed by atoms with Gasteiger partial charge in [0, 0.05) is 34.4 Å². The molecule has 0 spiro atoms. The van der Waals surface area contributed by atoms with E-state index < -0.39 is 11.9 Å². The van der Waals surface area contributed by atoms with Gasteiger partial charge in [0.25, 0.3) is 11.8 Å². The van der Waals surface area contributed by atoms with E-state index in [4.69, 9.17) is 0 Å². The zero-order chi connectivity index (χ0) is 20.0. The lowest BCUT2D eigenvalue weighted by molar-refractivity contribution is -0.136. The van der Waals surface area contributed by atoms with Crippen LogP contribution >= 0.6 is 15.9 Å². The van der Waals surface area contributed by atoms with Crippen molar-refractivity contribution < 1.29 is 19.2 Å². The topological polar surface area (TPSA) is 111 Å². The first-order valence-corrected chi connectivity index (χ1v) is 9.57. The summed E-state index contributed by atoms with van der Waals surface area (Å²) in [5.41, 5.74) is 3.07. The van der Waals surface area contributed by atoms with Crippen molar-refractivity contribution in [2.45, 2.75) is 32.4 Å². The van der Waals surface area contributed by atoms with Gasteiger partial charge in [0.15, 0.2) is 0 Å². The van der Waals surface area contributed by atoms with Crippen LogP contribution in [0, 0.1) is 6.92 Å². The summed E-state index contributed by atoms with van der Waals surface area (Å²) in [4.78, 5) is 53.0. The van der Waals surface area contributed by atoms with Crippen molar-refractivity contribution in [2.24, 2.45) is 0 Å². The minimum Gasteiger partial charge on any atom is -0.354 e. The maximum absolute atomic E-state index is 12.7. The Kier molecular flexibility index (Phi) is 4.54. The van der Waals surface area contributed by atoms with Crippen molar-refractivity contribution >= 4 is 45.2 Å². The predicted molar refractivity (Wildman–Crippen MR) is 104 cm³/mol. The molecular formula is C19H17BrN4O4. The highest BCUT2D eigenvalue weighted by molar-refractivity contribution is 9.10. The number of halogens is 1. The third-order valence-corrected chi connectivity index (χ3v) is 5.80. The molecule has 3 heterocycles. The number of nitrogens with zero attached hydrogens (tertiary/aromatic N) is 1. The van der Waals surface area contributed by atoms with Crippen LogP contribution in [-0.2, 0) is 16.1 Å². The Balaban J connectivity index is 1.51. The Morgan fingerprint density at radius 3 is 2.71 bits per heavy atom. The van der Waals surface area contributed by atoms with Gasteiger partial charge in [-0.2, -0.15) is 0 Å². The minimum absolute atomic E-state index is 0.211. The number of anilines is 1. The molecule has 1 saturated heterocycles. The molecule has 2 aliphatic heterocycles. The van der Waals surface area contributed by atoms with Gasteiger partial charge in [-0.1, -0.05) is 0 Å². The Labute approximate surface area is 168 Å². The number of aromatic amines is 1. The number of amides is 4. The van der Waals surface area contributed by atoms with Gasteiger partial charge in [0.05, 0.1) is 0 Å². The maximum Gasteiger partial charge on any atom is 0.272 e. The second-order valence-corrected chi connectivity index (χ2v) is 7.74. The Morgan fingerprint density at radius 2 is 2.04 bits per heavy atom. The standard InChI is InChI=1S/C19H17BrN4O4/c1-9-13(20)7-14(21-9)17(26)22-11-2-3-12-10(6-11)8-24(19(12)28)15-4-5-16(25)23-18(15)27/h2-3,6-7,15,21H,4-5,8H2,1H3,(H,22,26)(H,23,25,27). The summed E-state index contributed by atoms with van der Waals surface area (Å²) in [6.45, 7) is 2.11. The molecule has 1 aromatic carbocycles. The first-order chi connectivity index (χ1) is 13.3. The van der Waals surface area contributed by atoms with Gasteiger partial charge in [-0.15, -0.1) is 0 Å². The largest absolute Gasteiger partial charge is 0.354 e. The molecule has 144 valence electrons. The maximum atomic E-state index is 12.7. The summed E-state index contributed by atoms with van der Waals surface area (Å²) in [5, 5.41) is 5.09. The number of carbonyl (C=O) groups is 4. The number of piperidine rings is 1. The molecule has 4 rings (SSSR count). The van der Waals surface area contributed by atoms with Crippen LogP contribution in [0.3, 0.4) is 0 Å². The van der Waals surface area contributed by atoms with E-state index in [1.165, 1.54) is 4.90 Å². The molecule has 1 aromatic heterocycles. The lowest BCUT2D eigenvalue weighted by Gasteiger charge is -2.29.